The van der Waals surface area contributed by atoms with E-state index in [9.17, 15) is 13.2 Å². The summed E-state index contributed by atoms with van der Waals surface area (Å²) in [5.41, 5.74) is 4.28. The number of anilines is 1. The van der Waals surface area contributed by atoms with Crippen molar-refractivity contribution >= 4 is 33.2 Å². The Morgan fingerprint density at radius 3 is 2.37 bits per heavy atom. The summed E-state index contributed by atoms with van der Waals surface area (Å²) in [6.45, 7) is 2.64. The standard InChI is InChI=1S/C23H21ClN2O3S/c1-16-2-4-18(5-3-16)23(27)25-21-9-6-17-12-13-26(15-19(17)14-21)30(28,29)22-10-7-20(24)8-11-22/h2-11,14H,12-13,15H2,1H3,(H,25,27). The smallest absolute Gasteiger partial charge is 0.255 e. The average molecular weight is 441 g/mol. The molecular weight excluding hydrogens is 420 g/mol. The Labute approximate surface area is 181 Å². The van der Waals surface area contributed by atoms with Crippen LogP contribution in [-0.2, 0) is 23.0 Å². The Morgan fingerprint density at radius 1 is 0.967 bits per heavy atom. The molecule has 1 aliphatic rings. The largest absolute Gasteiger partial charge is 0.322 e. The second-order valence-corrected chi connectivity index (χ2v) is 9.72. The summed E-state index contributed by atoms with van der Waals surface area (Å²) < 4.78 is 27.5. The molecule has 0 bridgehead atoms. The molecule has 0 unspecified atom stereocenters. The predicted molar refractivity (Wildman–Crippen MR) is 118 cm³/mol. The third-order valence-electron chi connectivity index (χ3n) is 5.21. The number of halogens is 1. The Morgan fingerprint density at radius 2 is 1.67 bits per heavy atom. The molecule has 0 atom stereocenters. The maximum absolute atomic E-state index is 13.0. The third-order valence-corrected chi connectivity index (χ3v) is 7.32. The van der Waals surface area contributed by atoms with Crippen molar-refractivity contribution in [2.75, 3.05) is 11.9 Å². The minimum atomic E-state index is -3.62. The van der Waals surface area contributed by atoms with Crippen LogP contribution in [0.2, 0.25) is 5.02 Å². The zero-order valence-electron chi connectivity index (χ0n) is 16.4. The van der Waals surface area contributed by atoms with Gasteiger partial charge in [-0.25, -0.2) is 8.42 Å². The highest BCUT2D eigenvalue weighted by Crippen LogP contribution is 2.27. The fourth-order valence-corrected chi connectivity index (χ4v) is 5.02. The Balaban J connectivity index is 1.54. The number of nitrogens with zero attached hydrogens (tertiary/aromatic N) is 1. The Bertz CT molecular complexity index is 1190. The first-order valence-electron chi connectivity index (χ1n) is 9.58. The lowest BCUT2D eigenvalue weighted by Crippen LogP contribution is -2.36. The van der Waals surface area contributed by atoms with Gasteiger partial charge in [0.25, 0.3) is 5.91 Å². The van der Waals surface area contributed by atoms with Crippen LogP contribution in [0, 0.1) is 6.92 Å². The van der Waals surface area contributed by atoms with Crippen LogP contribution in [0.25, 0.3) is 0 Å². The van der Waals surface area contributed by atoms with Gasteiger partial charge >= 0.3 is 0 Å². The first-order valence-corrected chi connectivity index (χ1v) is 11.4. The summed E-state index contributed by atoms with van der Waals surface area (Å²) in [7, 11) is -3.62. The van der Waals surface area contributed by atoms with E-state index in [0.717, 1.165) is 16.7 Å². The van der Waals surface area contributed by atoms with E-state index in [-0.39, 0.29) is 17.3 Å². The van der Waals surface area contributed by atoms with Gasteiger partial charge in [0, 0.05) is 29.4 Å². The second kappa shape index (κ2) is 8.22. The quantitative estimate of drug-likeness (QED) is 0.642. The number of fused-ring (bicyclic) bond motifs is 1. The number of hydrogen-bond acceptors (Lipinski definition) is 3. The lowest BCUT2D eigenvalue weighted by Gasteiger charge is -2.28. The van der Waals surface area contributed by atoms with Crippen LogP contribution in [0.15, 0.2) is 71.6 Å². The number of benzene rings is 3. The second-order valence-electron chi connectivity index (χ2n) is 7.35. The summed E-state index contributed by atoms with van der Waals surface area (Å²) in [4.78, 5) is 12.7. The number of carbonyl (C=O) groups excluding carboxylic acids is 1. The van der Waals surface area contributed by atoms with Crippen molar-refractivity contribution < 1.29 is 13.2 Å². The zero-order valence-corrected chi connectivity index (χ0v) is 18.0. The molecule has 154 valence electrons. The van der Waals surface area contributed by atoms with Crippen molar-refractivity contribution in [3.63, 3.8) is 0 Å². The molecule has 1 N–H and O–H groups in total. The molecule has 0 saturated carbocycles. The van der Waals surface area contributed by atoms with E-state index >= 15 is 0 Å². The van der Waals surface area contributed by atoms with Crippen molar-refractivity contribution in [1.82, 2.24) is 4.31 Å². The van der Waals surface area contributed by atoms with Crippen LogP contribution in [0.1, 0.15) is 27.0 Å². The van der Waals surface area contributed by atoms with Crippen LogP contribution in [0.5, 0.6) is 0 Å². The molecule has 30 heavy (non-hydrogen) atoms. The molecular formula is C23H21ClN2O3S. The van der Waals surface area contributed by atoms with Crippen molar-refractivity contribution in [3.8, 4) is 0 Å². The molecule has 3 aromatic rings. The van der Waals surface area contributed by atoms with Gasteiger partial charge in [-0.2, -0.15) is 4.31 Å². The first kappa shape index (κ1) is 20.6. The Kier molecular flexibility index (Phi) is 5.64. The van der Waals surface area contributed by atoms with E-state index < -0.39 is 10.0 Å². The van der Waals surface area contributed by atoms with Crippen LogP contribution in [-0.4, -0.2) is 25.2 Å². The van der Waals surface area contributed by atoms with Gasteiger partial charge in [0.2, 0.25) is 10.0 Å². The van der Waals surface area contributed by atoms with Crippen LogP contribution in [0.4, 0.5) is 5.69 Å². The van der Waals surface area contributed by atoms with Crippen molar-refractivity contribution in [2.45, 2.75) is 24.8 Å². The van der Waals surface area contributed by atoms with Crippen molar-refractivity contribution in [1.29, 1.82) is 0 Å². The molecule has 1 amide bonds. The lowest BCUT2D eigenvalue weighted by atomic mass is 10.0. The van der Waals surface area contributed by atoms with E-state index in [0.29, 0.717) is 29.2 Å². The number of rotatable bonds is 4. The van der Waals surface area contributed by atoms with E-state index in [1.54, 1.807) is 24.3 Å². The first-order chi connectivity index (χ1) is 14.3. The monoisotopic (exact) mass is 440 g/mol. The SMILES string of the molecule is Cc1ccc(C(=O)Nc2ccc3c(c2)CN(S(=O)(=O)c2ccc(Cl)cc2)CC3)cc1. The van der Waals surface area contributed by atoms with E-state index in [1.807, 2.05) is 37.3 Å². The third kappa shape index (κ3) is 4.26. The van der Waals surface area contributed by atoms with Gasteiger partial charge in [-0.3, -0.25) is 4.79 Å². The maximum atomic E-state index is 13.0. The minimum absolute atomic E-state index is 0.198. The highest BCUT2D eigenvalue weighted by Gasteiger charge is 2.28. The molecule has 1 heterocycles. The van der Waals surface area contributed by atoms with Gasteiger partial charge in [-0.05, 0) is 73.0 Å². The molecule has 1 aliphatic heterocycles. The summed E-state index contributed by atoms with van der Waals surface area (Å²) in [5.74, 6) is -0.198. The van der Waals surface area contributed by atoms with Crippen molar-refractivity contribution in [3.05, 3.63) is 94.0 Å². The molecule has 3 aromatic carbocycles. The summed E-state index contributed by atoms with van der Waals surface area (Å²) >= 11 is 5.88. The van der Waals surface area contributed by atoms with Crippen LogP contribution in [0.3, 0.4) is 0 Å². The number of hydrogen-bond donors (Lipinski definition) is 1. The van der Waals surface area contributed by atoms with Gasteiger partial charge in [0.15, 0.2) is 0 Å². The van der Waals surface area contributed by atoms with Gasteiger partial charge in [0.1, 0.15) is 0 Å². The fourth-order valence-electron chi connectivity index (χ4n) is 3.48. The highest BCUT2D eigenvalue weighted by molar-refractivity contribution is 7.89. The van der Waals surface area contributed by atoms with Gasteiger partial charge in [0.05, 0.1) is 4.90 Å². The summed E-state index contributed by atoms with van der Waals surface area (Å²) in [5, 5.41) is 3.39. The average Bonchev–Trinajstić information content (AvgIpc) is 2.74. The molecule has 0 fully saturated rings. The molecule has 5 nitrogen and oxygen atoms in total. The molecule has 0 aliphatic carbocycles. The predicted octanol–water partition coefficient (Wildman–Crippen LogP) is 4.65. The summed E-state index contributed by atoms with van der Waals surface area (Å²) in [6.07, 6.45) is 0.619. The number of carbonyl (C=O) groups is 1. The van der Waals surface area contributed by atoms with Crippen LogP contribution < -0.4 is 5.32 Å². The topological polar surface area (TPSA) is 66.5 Å². The number of aryl methyl sites for hydroxylation is 1. The fraction of sp³-hybridized carbons (Fsp3) is 0.174. The number of sulfonamides is 1. The number of nitrogens with one attached hydrogen (secondary N) is 1. The van der Waals surface area contributed by atoms with Crippen molar-refractivity contribution in [2.24, 2.45) is 0 Å². The van der Waals surface area contributed by atoms with E-state index in [2.05, 4.69) is 5.32 Å². The summed E-state index contributed by atoms with van der Waals surface area (Å²) in [6, 6.07) is 19.2. The molecule has 0 saturated heterocycles. The maximum Gasteiger partial charge on any atom is 0.255 e. The van der Waals surface area contributed by atoms with Gasteiger partial charge in [-0.15, -0.1) is 0 Å². The minimum Gasteiger partial charge on any atom is -0.322 e. The normalized spacial score (nSPS) is 14.2. The van der Waals surface area contributed by atoms with E-state index in [4.69, 9.17) is 11.6 Å². The highest BCUT2D eigenvalue weighted by atomic mass is 35.5. The molecule has 0 radical (unpaired) electrons. The molecule has 0 spiro atoms. The molecule has 0 aromatic heterocycles. The van der Waals surface area contributed by atoms with Crippen LogP contribution >= 0.6 is 11.6 Å². The molecule has 4 rings (SSSR count). The molecule has 7 heteroatoms. The lowest BCUT2D eigenvalue weighted by molar-refractivity contribution is 0.102. The van der Waals surface area contributed by atoms with E-state index in [1.165, 1.54) is 16.4 Å². The number of amides is 1. The van der Waals surface area contributed by atoms with Gasteiger partial charge in [-0.1, -0.05) is 35.4 Å². The van der Waals surface area contributed by atoms with Gasteiger partial charge < -0.3 is 5.32 Å². The zero-order chi connectivity index (χ0) is 21.3. The Hall–Kier alpha value is -2.67.